The van der Waals surface area contributed by atoms with Gasteiger partial charge in [-0.25, -0.2) is 0 Å². The molecule has 0 bridgehead atoms. The van der Waals surface area contributed by atoms with Gasteiger partial charge in [0, 0.05) is 5.56 Å². The Bertz CT molecular complexity index is 1200. The van der Waals surface area contributed by atoms with Gasteiger partial charge in [-0.3, -0.25) is 19.3 Å². The maximum absolute atomic E-state index is 13.7. The van der Waals surface area contributed by atoms with Crippen molar-refractivity contribution in [3.8, 4) is 5.75 Å². The molecule has 9 N–H and O–H groups in total. The predicted octanol–water partition coefficient (Wildman–Crippen LogP) is -2.43. The first kappa shape index (κ1) is 23.9. The summed E-state index contributed by atoms with van der Waals surface area (Å²) in [5.41, 5.74) is -2.82. The van der Waals surface area contributed by atoms with Gasteiger partial charge in [-0.15, -0.1) is 0 Å². The number of aliphatic hydroxyl groups excluding tert-OH is 4. The fourth-order valence-electron chi connectivity index (χ4n) is 5.63. The molecule has 6 atom stereocenters. The second kappa shape index (κ2) is 7.35. The SMILES string of the molecule is CN(C)[C@H]1C(=O)C(C(N)=O)=C(O)[C@]2(O)C(=O)C3=C(O)c4c(O)cccc4C(O)(CO)[C@@H]3[C@@H](O)[C@H]12. The molecule has 1 amide bonds. The summed E-state index contributed by atoms with van der Waals surface area (Å²) in [5, 5.41) is 76.6. The zero-order valence-corrected chi connectivity index (χ0v) is 18.1. The van der Waals surface area contributed by atoms with E-state index in [9.17, 15) is 50.1 Å². The second-order valence-electron chi connectivity index (χ2n) is 8.99. The number of nitrogens with two attached hydrogens (primary N) is 1. The molecular weight excluding hydrogens is 452 g/mol. The van der Waals surface area contributed by atoms with Crippen molar-refractivity contribution >= 4 is 23.2 Å². The van der Waals surface area contributed by atoms with Crippen molar-refractivity contribution in [3.63, 3.8) is 0 Å². The Hall–Kier alpha value is -3.29. The van der Waals surface area contributed by atoms with Crippen LogP contribution in [0.2, 0.25) is 0 Å². The van der Waals surface area contributed by atoms with Crippen molar-refractivity contribution in [3.05, 3.63) is 46.2 Å². The highest BCUT2D eigenvalue weighted by molar-refractivity contribution is 6.24. The Morgan fingerprint density at radius 3 is 2.29 bits per heavy atom. The lowest BCUT2D eigenvalue weighted by molar-refractivity contribution is -0.187. The van der Waals surface area contributed by atoms with Crippen LogP contribution in [-0.4, -0.2) is 96.6 Å². The highest BCUT2D eigenvalue weighted by atomic mass is 16.4. The molecule has 0 spiro atoms. The lowest BCUT2D eigenvalue weighted by Gasteiger charge is -2.55. The van der Waals surface area contributed by atoms with Crippen LogP contribution in [-0.2, 0) is 20.0 Å². The fraction of sp³-hybridized carbons (Fsp3) is 0.409. The summed E-state index contributed by atoms with van der Waals surface area (Å²) in [6.45, 7) is -1.09. The Morgan fingerprint density at radius 1 is 1.15 bits per heavy atom. The molecular formula is C22H24N2O10. The quantitative estimate of drug-likeness (QED) is 0.214. The van der Waals surface area contributed by atoms with Crippen LogP contribution < -0.4 is 5.73 Å². The summed E-state index contributed by atoms with van der Waals surface area (Å²) in [4.78, 5) is 39.9. The molecule has 12 nitrogen and oxygen atoms in total. The first-order chi connectivity index (χ1) is 15.8. The number of Topliss-reactive ketones (excluding diaryl/α,β-unsaturated/α-hetero) is 2. The van der Waals surface area contributed by atoms with Gasteiger partial charge in [0.15, 0.2) is 11.4 Å². The van der Waals surface area contributed by atoms with Crippen LogP contribution in [0.3, 0.4) is 0 Å². The van der Waals surface area contributed by atoms with Gasteiger partial charge in [-0.2, -0.15) is 0 Å². The number of phenols is 1. The van der Waals surface area contributed by atoms with Crippen LogP contribution in [0.5, 0.6) is 5.75 Å². The van der Waals surface area contributed by atoms with E-state index in [1.165, 1.54) is 31.1 Å². The first-order valence-electron chi connectivity index (χ1n) is 10.2. The standard InChI is InChI=1S/C22H24N2O10/c1-24(2)14-13-17(29)12-10(18(30)22(13,34)19(31)11(16(14)28)20(23)32)15(27)9-7(21(12,33)6-25)4-3-5-8(9)26/h3-5,12-14,17,25-27,29,31,33-34H,6H2,1-2H3,(H2,23,32)/t12-,13-,14+,17+,21?,22+/m0/s1. The van der Waals surface area contributed by atoms with E-state index < -0.39 is 93.2 Å². The van der Waals surface area contributed by atoms with Crippen LogP contribution in [0, 0.1) is 11.8 Å². The first-order valence-corrected chi connectivity index (χ1v) is 10.2. The summed E-state index contributed by atoms with van der Waals surface area (Å²) < 4.78 is 0. The molecule has 12 heteroatoms. The number of nitrogens with zero attached hydrogens (tertiary/aromatic N) is 1. The molecule has 34 heavy (non-hydrogen) atoms. The van der Waals surface area contributed by atoms with E-state index in [0.717, 1.165) is 6.07 Å². The Kier molecular flexibility index (Phi) is 5.16. The highest BCUT2D eigenvalue weighted by Gasteiger charge is 2.70. The number of fused-ring (bicyclic) bond motifs is 3. The summed E-state index contributed by atoms with van der Waals surface area (Å²) >= 11 is 0. The normalized spacial score (nSPS) is 35.3. The minimum Gasteiger partial charge on any atom is -0.508 e. The number of rotatable bonds is 3. The minimum atomic E-state index is -3.11. The Balaban J connectivity index is 2.12. The number of aromatic hydroxyl groups is 1. The summed E-state index contributed by atoms with van der Waals surface area (Å²) in [6, 6.07) is 2.13. The number of likely N-dealkylation sites (N-methyl/N-ethyl adjacent to an activating group) is 1. The van der Waals surface area contributed by atoms with E-state index in [1.54, 1.807) is 0 Å². The van der Waals surface area contributed by atoms with Gasteiger partial charge in [0.05, 0.1) is 41.7 Å². The van der Waals surface area contributed by atoms with Gasteiger partial charge < -0.3 is 41.5 Å². The molecule has 3 aliphatic carbocycles. The van der Waals surface area contributed by atoms with Crippen molar-refractivity contribution in [1.29, 1.82) is 0 Å². The lowest BCUT2D eigenvalue weighted by atomic mass is 9.53. The average Bonchev–Trinajstić information content (AvgIpc) is 2.76. The van der Waals surface area contributed by atoms with Crippen molar-refractivity contribution in [2.24, 2.45) is 17.6 Å². The zero-order chi connectivity index (χ0) is 25.5. The monoisotopic (exact) mass is 476 g/mol. The van der Waals surface area contributed by atoms with Crippen molar-refractivity contribution < 1.29 is 50.1 Å². The van der Waals surface area contributed by atoms with E-state index in [2.05, 4.69) is 0 Å². The van der Waals surface area contributed by atoms with Gasteiger partial charge in [0.2, 0.25) is 5.78 Å². The van der Waals surface area contributed by atoms with E-state index in [4.69, 9.17) is 5.73 Å². The number of carbonyl (C=O) groups is 3. The molecule has 1 unspecified atom stereocenters. The molecule has 1 saturated carbocycles. The maximum atomic E-state index is 13.7. The van der Waals surface area contributed by atoms with E-state index in [-0.39, 0.29) is 5.56 Å². The van der Waals surface area contributed by atoms with Gasteiger partial charge in [-0.05, 0) is 20.2 Å². The molecule has 1 fully saturated rings. The molecule has 3 aliphatic rings. The summed E-state index contributed by atoms with van der Waals surface area (Å²) in [7, 11) is 2.72. The smallest absolute Gasteiger partial charge is 0.255 e. The van der Waals surface area contributed by atoms with Gasteiger partial charge in [0.25, 0.3) is 5.91 Å². The fourth-order valence-corrected chi connectivity index (χ4v) is 5.63. The van der Waals surface area contributed by atoms with E-state index >= 15 is 0 Å². The predicted molar refractivity (Wildman–Crippen MR) is 113 cm³/mol. The average molecular weight is 476 g/mol. The van der Waals surface area contributed by atoms with Gasteiger partial charge in [-0.1, -0.05) is 12.1 Å². The number of phenolic OH excluding ortho intramolecular Hbond substituents is 1. The molecule has 0 heterocycles. The van der Waals surface area contributed by atoms with Crippen molar-refractivity contribution in [1.82, 2.24) is 4.90 Å². The lowest BCUT2D eigenvalue weighted by Crippen LogP contribution is -2.72. The van der Waals surface area contributed by atoms with Crippen LogP contribution in [0.25, 0.3) is 5.76 Å². The number of hydrogen-bond donors (Lipinski definition) is 8. The minimum absolute atomic E-state index is 0.209. The Labute approximate surface area is 192 Å². The van der Waals surface area contributed by atoms with Crippen LogP contribution in [0.4, 0.5) is 0 Å². The topological polar surface area (TPSA) is 222 Å². The third-order valence-corrected chi connectivity index (χ3v) is 7.11. The molecule has 1 aromatic carbocycles. The highest BCUT2D eigenvalue weighted by Crippen LogP contribution is 2.57. The Morgan fingerprint density at radius 2 is 1.76 bits per heavy atom. The number of primary amides is 1. The number of aliphatic hydroxyl groups is 6. The van der Waals surface area contributed by atoms with Gasteiger partial charge >= 0.3 is 0 Å². The van der Waals surface area contributed by atoms with E-state index in [0.29, 0.717) is 0 Å². The zero-order valence-electron chi connectivity index (χ0n) is 18.1. The van der Waals surface area contributed by atoms with E-state index in [1.807, 2.05) is 0 Å². The molecule has 0 radical (unpaired) electrons. The molecule has 0 aromatic heterocycles. The number of ketones is 2. The number of carbonyl (C=O) groups excluding carboxylic acids is 3. The van der Waals surface area contributed by atoms with Crippen molar-refractivity contribution in [2.45, 2.75) is 23.3 Å². The largest absolute Gasteiger partial charge is 0.508 e. The third-order valence-electron chi connectivity index (χ3n) is 7.11. The summed E-state index contributed by atoms with van der Waals surface area (Å²) in [5.74, 6) is -10.5. The third kappa shape index (κ3) is 2.62. The number of hydrogen-bond acceptors (Lipinski definition) is 11. The van der Waals surface area contributed by atoms with Crippen molar-refractivity contribution in [2.75, 3.05) is 20.7 Å². The second-order valence-corrected chi connectivity index (χ2v) is 8.99. The maximum Gasteiger partial charge on any atom is 0.255 e. The molecule has 182 valence electrons. The number of amides is 1. The van der Waals surface area contributed by atoms with Crippen LogP contribution in [0.1, 0.15) is 11.1 Å². The van der Waals surface area contributed by atoms with Gasteiger partial charge in [0.1, 0.15) is 28.4 Å². The summed E-state index contributed by atoms with van der Waals surface area (Å²) in [6.07, 6.45) is -2.03. The molecule has 0 saturated heterocycles. The molecule has 1 aromatic rings. The number of benzene rings is 1. The van der Waals surface area contributed by atoms with Crippen LogP contribution in [0.15, 0.2) is 35.1 Å². The molecule has 0 aliphatic heterocycles. The van der Waals surface area contributed by atoms with Crippen LogP contribution >= 0.6 is 0 Å². The molecule has 4 rings (SSSR count).